The van der Waals surface area contributed by atoms with Crippen LogP contribution in [0.3, 0.4) is 0 Å². The second-order valence-corrected chi connectivity index (χ2v) is 6.04. The molecule has 0 atom stereocenters. The van der Waals surface area contributed by atoms with E-state index in [1.807, 2.05) is 0 Å². The van der Waals surface area contributed by atoms with Crippen LogP contribution in [0, 0.1) is 10.1 Å². The average molecular weight is 390 g/mol. The third-order valence-electron chi connectivity index (χ3n) is 4.21. The highest BCUT2D eigenvalue weighted by molar-refractivity contribution is 6.05. The van der Waals surface area contributed by atoms with Gasteiger partial charge in [-0.3, -0.25) is 19.9 Å². The van der Waals surface area contributed by atoms with Crippen molar-refractivity contribution in [1.29, 1.82) is 0 Å². The van der Waals surface area contributed by atoms with Crippen molar-refractivity contribution in [3.8, 4) is 17.2 Å². The number of oxazole rings is 1. The number of hydrogen-bond donors (Lipinski definition) is 1. The monoisotopic (exact) mass is 390 g/mol. The lowest BCUT2D eigenvalue weighted by Crippen LogP contribution is -2.12. The van der Waals surface area contributed by atoms with Gasteiger partial charge in [-0.25, -0.2) is 4.98 Å². The normalized spacial score (nSPS) is 10.7. The smallest absolute Gasteiger partial charge is 0.311 e. The number of nitro benzene ring substituents is 1. The molecule has 1 N–H and O–H groups in total. The molecule has 0 bridgehead atoms. The SMILES string of the molecule is COc1ccc(C(=O)Nc2ccc3nc(-c4ccncc4)oc3c2)cc1[N+](=O)[O-]. The summed E-state index contributed by atoms with van der Waals surface area (Å²) < 4.78 is 10.7. The number of ether oxygens (including phenoxy) is 1. The van der Waals surface area contributed by atoms with Crippen LogP contribution in [0.5, 0.6) is 5.75 Å². The molecule has 0 fully saturated rings. The number of nitrogens with one attached hydrogen (secondary N) is 1. The molecule has 144 valence electrons. The molecule has 0 aliphatic carbocycles. The standard InChI is InChI=1S/C20H14N4O5/c1-28-17-5-2-13(10-16(17)24(26)27)19(25)22-14-3-4-15-18(11-14)29-20(23-15)12-6-8-21-9-7-12/h2-11H,1H3,(H,22,25). The molecule has 2 aromatic carbocycles. The number of hydrogen-bond acceptors (Lipinski definition) is 7. The highest BCUT2D eigenvalue weighted by Crippen LogP contribution is 2.29. The average Bonchev–Trinajstić information content (AvgIpc) is 3.17. The Morgan fingerprint density at radius 1 is 1.14 bits per heavy atom. The Bertz CT molecular complexity index is 1220. The minimum atomic E-state index is -0.600. The summed E-state index contributed by atoms with van der Waals surface area (Å²) in [5.41, 5.74) is 2.23. The summed E-state index contributed by atoms with van der Waals surface area (Å²) in [4.78, 5) is 31.5. The quantitative estimate of drug-likeness (QED) is 0.403. The molecule has 0 unspecified atom stereocenters. The Morgan fingerprint density at radius 2 is 1.93 bits per heavy atom. The summed E-state index contributed by atoms with van der Waals surface area (Å²) in [5, 5.41) is 13.9. The van der Waals surface area contributed by atoms with Crippen LogP contribution < -0.4 is 10.1 Å². The Hall–Kier alpha value is -4.27. The first-order chi connectivity index (χ1) is 14.0. The van der Waals surface area contributed by atoms with Crippen molar-refractivity contribution < 1.29 is 18.9 Å². The van der Waals surface area contributed by atoms with Gasteiger partial charge in [-0.15, -0.1) is 0 Å². The molecule has 4 aromatic rings. The van der Waals surface area contributed by atoms with Crippen LogP contribution in [0.4, 0.5) is 11.4 Å². The van der Waals surface area contributed by atoms with Crippen molar-refractivity contribution in [3.63, 3.8) is 0 Å². The van der Waals surface area contributed by atoms with E-state index in [2.05, 4.69) is 15.3 Å². The van der Waals surface area contributed by atoms with Gasteiger partial charge >= 0.3 is 5.69 Å². The number of fused-ring (bicyclic) bond motifs is 1. The molecule has 0 spiro atoms. The number of methoxy groups -OCH3 is 1. The minimum Gasteiger partial charge on any atom is -0.490 e. The zero-order chi connectivity index (χ0) is 20.4. The van der Waals surface area contributed by atoms with Crippen molar-refractivity contribution in [2.45, 2.75) is 0 Å². The maximum atomic E-state index is 12.5. The molecule has 0 aliphatic rings. The molecule has 9 heteroatoms. The van der Waals surface area contributed by atoms with Crippen molar-refractivity contribution in [3.05, 3.63) is 76.6 Å². The number of anilines is 1. The maximum Gasteiger partial charge on any atom is 0.311 e. The molecule has 9 nitrogen and oxygen atoms in total. The Morgan fingerprint density at radius 3 is 2.66 bits per heavy atom. The number of carbonyl (C=O) groups is 1. The van der Waals surface area contributed by atoms with Crippen LogP contribution in [0.25, 0.3) is 22.6 Å². The molecule has 2 heterocycles. The molecular weight excluding hydrogens is 376 g/mol. The van der Waals surface area contributed by atoms with Crippen molar-refractivity contribution in [2.75, 3.05) is 12.4 Å². The number of amides is 1. The van der Waals surface area contributed by atoms with Crippen LogP contribution >= 0.6 is 0 Å². The molecule has 0 saturated heterocycles. The van der Waals surface area contributed by atoms with E-state index in [-0.39, 0.29) is 17.0 Å². The third-order valence-corrected chi connectivity index (χ3v) is 4.21. The zero-order valence-corrected chi connectivity index (χ0v) is 15.2. The fourth-order valence-corrected chi connectivity index (χ4v) is 2.80. The van der Waals surface area contributed by atoms with E-state index in [4.69, 9.17) is 9.15 Å². The van der Waals surface area contributed by atoms with Gasteiger partial charge in [-0.2, -0.15) is 0 Å². The second-order valence-electron chi connectivity index (χ2n) is 6.04. The number of nitrogens with zero attached hydrogens (tertiary/aromatic N) is 3. The summed E-state index contributed by atoms with van der Waals surface area (Å²) in [5.74, 6) is 0.0268. The number of carbonyl (C=O) groups excluding carboxylic acids is 1. The van der Waals surface area contributed by atoms with Crippen molar-refractivity contribution in [2.24, 2.45) is 0 Å². The highest BCUT2D eigenvalue weighted by atomic mass is 16.6. The molecule has 0 aliphatic heterocycles. The molecule has 29 heavy (non-hydrogen) atoms. The topological polar surface area (TPSA) is 120 Å². The third kappa shape index (κ3) is 3.61. The van der Waals surface area contributed by atoms with Crippen molar-refractivity contribution in [1.82, 2.24) is 9.97 Å². The lowest BCUT2D eigenvalue weighted by atomic mass is 10.1. The number of nitro groups is 1. The second kappa shape index (κ2) is 7.39. The molecule has 1 amide bonds. The number of pyridine rings is 1. The Kier molecular flexibility index (Phi) is 4.62. The number of aromatic nitrogens is 2. The van der Waals surface area contributed by atoms with E-state index < -0.39 is 10.8 Å². The zero-order valence-electron chi connectivity index (χ0n) is 15.2. The Balaban J connectivity index is 1.60. The fraction of sp³-hybridized carbons (Fsp3) is 0.0500. The predicted molar refractivity (Wildman–Crippen MR) is 105 cm³/mol. The van der Waals surface area contributed by atoms with Gasteiger partial charge in [0.1, 0.15) is 5.52 Å². The van der Waals surface area contributed by atoms with Gasteiger partial charge in [-0.05, 0) is 36.4 Å². The van der Waals surface area contributed by atoms with Gasteiger partial charge in [0.25, 0.3) is 5.91 Å². The van der Waals surface area contributed by atoms with E-state index in [1.165, 1.54) is 25.3 Å². The van der Waals surface area contributed by atoms with Gasteiger partial charge in [0.2, 0.25) is 5.89 Å². The van der Waals surface area contributed by atoms with Gasteiger partial charge < -0.3 is 14.5 Å². The van der Waals surface area contributed by atoms with E-state index in [1.54, 1.807) is 42.7 Å². The molecule has 0 saturated carbocycles. The molecule has 4 rings (SSSR count). The number of benzene rings is 2. The van der Waals surface area contributed by atoms with Gasteiger partial charge in [0, 0.05) is 41.3 Å². The summed E-state index contributed by atoms with van der Waals surface area (Å²) in [6, 6.07) is 12.6. The predicted octanol–water partition coefficient (Wildman–Crippen LogP) is 4.06. The van der Waals surface area contributed by atoms with E-state index in [0.717, 1.165) is 5.56 Å². The molecule has 0 radical (unpaired) electrons. The Labute approximate surface area is 164 Å². The van der Waals surface area contributed by atoms with E-state index in [9.17, 15) is 14.9 Å². The summed E-state index contributed by atoms with van der Waals surface area (Å²) in [6.07, 6.45) is 3.29. The first kappa shape index (κ1) is 18.1. The highest BCUT2D eigenvalue weighted by Gasteiger charge is 2.18. The van der Waals surface area contributed by atoms with Crippen molar-refractivity contribution >= 4 is 28.4 Å². The lowest BCUT2D eigenvalue weighted by molar-refractivity contribution is -0.385. The summed E-state index contributed by atoms with van der Waals surface area (Å²) >= 11 is 0. The number of rotatable bonds is 5. The minimum absolute atomic E-state index is 0.0817. The van der Waals surface area contributed by atoms with Crippen LogP contribution in [-0.4, -0.2) is 27.9 Å². The van der Waals surface area contributed by atoms with E-state index in [0.29, 0.717) is 22.7 Å². The van der Waals surface area contributed by atoms with Gasteiger partial charge in [0.05, 0.1) is 12.0 Å². The van der Waals surface area contributed by atoms with Crippen LogP contribution in [0.1, 0.15) is 10.4 Å². The summed E-state index contributed by atoms with van der Waals surface area (Å²) in [6.45, 7) is 0. The van der Waals surface area contributed by atoms with Crippen LogP contribution in [-0.2, 0) is 0 Å². The fourth-order valence-electron chi connectivity index (χ4n) is 2.80. The lowest BCUT2D eigenvalue weighted by Gasteiger charge is -2.06. The largest absolute Gasteiger partial charge is 0.490 e. The van der Waals surface area contributed by atoms with Crippen LogP contribution in [0.2, 0.25) is 0 Å². The maximum absolute atomic E-state index is 12.5. The van der Waals surface area contributed by atoms with Gasteiger partial charge in [-0.1, -0.05) is 0 Å². The van der Waals surface area contributed by atoms with Gasteiger partial charge in [0.15, 0.2) is 11.3 Å². The summed E-state index contributed by atoms with van der Waals surface area (Å²) in [7, 11) is 1.33. The first-order valence-corrected chi connectivity index (χ1v) is 8.50. The van der Waals surface area contributed by atoms with Crippen LogP contribution in [0.15, 0.2) is 65.3 Å². The molecular formula is C20H14N4O5. The first-order valence-electron chi connectivity index (χ1n) is 8.50. The molecule has 2 aromatic heterocycles. The van der Waals surface area contributed by atoms with E-state index >= 15 is 0 Å².